The number of rotatable bonds is 2. The van der Waals surface area contributed by atoms with Crippen molar-refractivity contribution in [2.24, 2.45) is 0 Å². The van der Waals surface area contributed by atoms with E-state index >= 15 is 0 Å². The van der Waals surface area contributed by atoms with Gasteiger partial charge in [0.05, 0.1) is 5.56 Å². The Labute approximate surface area is 122 Å². The van der Waals surface area contributed by atoms with E-state index in [1.165, 1.54) is 4.90 Å². The third kappa shape index (κ3) is 2.16. The molecule has 0 radical (unpaired) electrons. The van der Waals surface area contributed by atoms with Gasteiger partial charge in [0.1, 0.15) is 5.66 Å². The Kier molecular flexibility index (Phi) is 3.18. The minimum atomic E-state index is -0.581. The Morgan fingerprint density at radius 1 is 1.00 bits per heavy atom. The van der Waals surface area contributed by atoms with Crippen molar-refractivity contribution in [3.05, 3.63) is 59.7 Å². The SMILES string of the molecule is CSc1ccc(C2(C)NC(=O)c3ccccc3N2)cc1. The van der Waals surface area contributed by atoms with Gasteiger partial charge in [-0.25, -0.2) is 0 Å². The zero-order valence-electron chi connectivity index (χ0n) is 11.4. The van der Waals surface area contributed by atoms with Crippen molar-refractivity contribution < 1.29 is 4.79 Å². The highest BCUT2D eigenvalue weighted by molar-refractivity contribution is 7.98. The van der Waals surface area contributed by atoms with Crippen molar-refractivity contribution in [3.63, 3.8) is 0 Å². The Balaban J connectivity index is 1.99. The van der Waals surface area contributed by atoms with Crippen molar-refractivity contribution in [1.82, 2.24) is 5.32 Å². The van der Waals surface area contributed by atoms with Gasteiger partial charge in [0, 0.05) is 10.6 Å². The lowest BCUT2D eigenvalue weighted by Crippen LogP contribution is -2.52. The van der Waals surface area contributed by atoms with Gasteiger partial charge in [-0.3, -0.25) is 4.79 Å². The number of thioether (sulfide) groups is 1. The maximum absolute atomic E-state index is 12.2. The minimum Gasteiger partial charge on any atom is -0.359 e. The zero-order valence-corrected chi connectivity index (χ0v) is 12.3. The number of fused-ring (bicyclic) bond motifs is 1. The van der Waals surface area contributed by atoms with Crippen molar-refractivity contribution in [3.8, 4) is 0 Å². The van der Waals surface area contributed by atoms with Crippen LogP contribution in [0.2, 0.25) is 0 Å². The van der Waals surface area contributed by atoms with Crippen molar-refractivity contribution in [2.75, 3.05) is 11.6 Å². The van der Waals surface area contributed by atoms with Crippen molar-refractivity contribution in [2.45, 2.75) is 17.5 Å². The topological polar surface area (TPSA) is 41.1 Å². The Morgan fingerprint density at radius 2 is 1.70 bits per heavy atom. The lowest BCUT2D eigenvalue weighted by Gasteiger charge is -2.38. The number of carbonyl (C=O) groups excluding carboxylic acids is 1. The number of para-hydroxylation sites is 1. The molecule has 2 aromatic rings. The molecular weight excluding hydrogens is 268 g/mol. The third-order valence-electron chi connectivity index (χ3n) is 3.59. The van der Waals surface area contributed by atoms with Gasteiger partial charge in [0.15, 0.2) is 0 Å². The van der Waals surface area contributed by atoms with Gasteiger partial charge in [-0.2, -0.15) is 0 Å². The highest BCUT2D eigenvalue weighted by atomic mass is 32.2. The van der Waals surface area contributed by atoms with Crippen molar-refractivity contribution in [1.29, 1.82) is 0 Å². The van der Waals surface area contributed by atoms with E-state index in [4.69, 9.17) is 0 Å². The van der Waals surface area contributed by atoms with Crippen LogP contribution in [0.5, 0.6) is 0 Å². The number of benzene rings is 2. The Hall–Kier alpha value is -1.94. The number of anilines is 1. The summed E-state index contributed by atoms with van der Waals surface area (Å²) in [5.41, 5.74) is 2.01. The maximum Gasteiger partial charge on any atom is 0.255 e. The van der Waals surface area contributed by atoms with E-state index in [0.29, 0.717) is 5.56 Å². The summed E-state index contributed by atoms with van der Waals surface area (Å²) in [6.07, 6.45) is 2.05. The second-order valence-electron chi connectivity index (χ2n) is 4.98. The fraction of sp³-hybridized carbons (Fsp3) is 0.188. The third-order valence-corrected chi connectivity index (χ3v) is 4.33. The van der Waals surface area contributed by atoms with Crippen LogP contribution in [-0.2, 0) is 5.66 Å². The number of hydrogen-bond donors (Lipinski definition) is 2. The number of nitrogens with one attached hydrogen (secondary N) is 2. The van der Waals surface area contributed by atoms with Gasteiger partial charge in [-0.05, 0) is 43.0 Å². The summed E-state index contributed by atoms with van der Waals surface area (Å²) < 4.78 is 0. The van der Waals surface area contributed by atoms with E-state index < -0.39 is 5.66 Å². The van der Waals surface area contributed by atoms with Gasteiger partial charge in [0.25, 0.3) is 5.91 Å². The highest BCUT2D eigenvalue weighted by Crippen LogP contribution is 2.31. The molecule has 2 aromatic carbocycles. The molecule has 0 fully saturated rings. The average molecular weight is 284 g/mol. The fourth-order valence-electron chi connectivity index (χ4n) is 2.45. The normalized spacial score (nSPS) is 20.8. The van der Waals surface area contributed by atoms with Gasteiger partial charge in [-0.1, -0.05) is 24.3 Å². The number of carbonyl (C=O) groups is 1. The smallest absolute Gasteiger partial charge is 0.255 e. The van der Waals surface area contributed by atoms with Crippen LogP contribution in [0.25, 0.3) is 0 Å². The Morgan fingerprint density at radius 3 is 2.40 bits per heavy atom. The molecule has 3 nitrogen and oxygen atoms in total. The molecule has 0 aliphatic carbocycles. The predicted molar refractivity (Wildman–Crippen MR) is 83.1 cm³/mol. The molecule has 1 heterocycles. The Bertz CT molecular complexity index is 654. The quantitative estimate of drug-likeness (QED) is 0.830. The van der Waals surface area contributed by atoms with E-state index in [0.717, 1.165) is 11.3 Å². The molecule has 1 atom stereocenters. The van der Waals surface area contributed by atoms with Gasteiger partial charge < -0.3 is 10.6 Å². The maximum atomic E-state index is 12.2. The highest BCUT2D eigenvalue weighted by Gasteiger charge is 2.34. The summed E-state index contributed by atoms with van der Waals surface area (Å²) in [4.78, 5) is 13.5. The predicted octanol–water partition coefficient (Wildman–Crippen LogP) is 3.44. The van der Waals surface area contributed by atoms with Crippen LogP contribution >= 0.6 is 11.8 Å². The first kappa shape index (κ1) is 13.1. The van der Waals surface area contributed by atoms with Crippen LogP contribution in [0, 0.1) is 0 Å². The van der Waals surface area contributed by atoms with E-state index in [1.807, 2.05) is 49.6 Å². The van der Waals surface area contributed by atoms with Crippen LogP contribution < -0.4 is 10.6 Å². The van der Waals surface area contributed by atoms with Gasteiger partial charge in [-0.15, -0.1) is 11.8 Å². The molecule has 0 aromatic heterocycles. The monoisotopic (exact) mass is 284 g/mol. The fourth-order valence-corrected chi connectivity index (χ4v) is 2.86. The summed E-state index contributed by atoms with van der Waals surface area (Å²) in [6, 6.07) is 15.8. The van der Waals surface area contributed by atoms with E-state index in [-0.39, 0.29) is 5.91 Å². The lowest BCUT2D eigenvalue weighted by molar-refractivity contribution is 0.0906. The molecule has 1 aliphatic heterocycles. The van der Waals surface area contributed by atoms with Gasteiger partial charge >= 0.3 is 0 Å². The van der Waals surface area contributed by atoms with Crippen LogP contribution in [-0.4, -0.2) is 12.2 Å². The largest absolute Gasteiger partial charge is 0.359 e. The van der Waals surface area contributed by atoms with Crippen LogP contribution in [0.15, 0.2) is 53.4 Å². The molecule has 0 bridgehead atoms. The second-order valence-corrected chi connectivity index (χ2v) is 5.86. The summed E-state index contributed by atoms with van der Waals surface area (Å²) in [6.45, 7) is 1.98. The number of amides is 1. The van der Waals surface area contributed by atoms with Crippen molar-refractivity contribution >= 4 is 23.4 Å². The molecule has 102 valence electrons. The summed E-state index contributed by atoms with van der Waals surface area (Å²) >= 11 is 1.70. The molecule has 1 amide bonds. The molecule has 2 N–H and O–H groups in total. The van der Waals surface area contributed by atoms with Crippen LogP contribution in [0.3, 0.4) is 0 Å². The van der Waals surface area contributed by atoms with Crippen LogP contribution in [0.1, 0.15) is 22.8 Å². The first-order chi connectivity index (χ1) is 9.62. The van der Waals surface area contributed by atoms with Gasteiger partial charge in [0.2, 0.25) is 0 Å². The first-order valence-corrected chi connectivity index (χ1v) is 7.69. The standard InChI is InChI=1S/C16H16N2OS/c1-16(11-7-9-12(20-2)10-8-11)17-14-6-4-3-5-13(14)15(19)18-16/h3-10,17H,1-2H3,(H,18,19). The molecule has 0 saturated carbocycles. The molecule has 1 unspecified atom stereocenters. The first-order valence-electron chi connectivity index (χ1n) is 6.47. The minimum absolute atomic E-state index is 0.0456. The van der Waals surface area contributed by atoms with E-state index in [2.05, 4.69) is 22.8 Å². The van der Waals surface area contributed by atoms with E-state index in [9.17, 15) is 4.79 Å². The molecule has 4 heteroatoms. The molecule has 1 aliphatic rings. The second kappa shape index (κ2) is 4.87. The number of hydrogen-bond acceptors (Lipinski definition) is 3. The average Bonchev–Trinajstić information content (AvgIpc) is 2.47. The summed E-state index contributed by atoms with van der Waals surface area (Å²) in [7, 11) is 0. The summed E-state index contributed by atoms with van der Waals surface area (Å²) in [5, 5.41) is 6.46. The lowest BCUT2D eigenvalue weighted by atomic mass is 9.96. The molecule has 0 spiro atoms. The molecule has 20 heavy (non-hydrogen) atoms. The van der Waals surface area contributed by atoms with E-state index in [1.54, 1.807) is 11.8 Å². The summed E-state index contributed by atoms with van der Waals surface area (Å²) in [5.74, 6) is -0.0456. The molecular formula is C16H16N2OS. The molecule has 0 saturated heterocycles. The van der Waals surface area contributed by atoms with Crippen LogP contribution in [0.4, 0.5) is 5.69 Å². The zero-order chi connectivity index (χ0) is 14.2. The molecule has 3 rings (SSSR count).